The van der Waals surface area contributed by atoms with E-state index < -0.39 is 10.0 Å². The zero-order chi connectivity index (χ0) is 13.4. The van der Waals surface area contributed by atoms with Gasteiger partial charge in [0.05, 0.1) is 0 Å². The maximum Gasteiger partial charge on any atom is 0.244 e. The minimum Gasteiger partial charge on any atom is -0.383 e. The molecule has 0 aromatic carbocycles. The molecule has 0 amide bonds. The summed E-state index contributed by atoms with van der Waals surface area (Å²) in [6, 6.07) is 1.46. The maximum atomic E-state index is 12.1. The Labute approximate surface area is 119 Å². The van der Waals surface area contributed by atoms with Crippen molar-refractivity contribution in [1.82, 2.24) is 9.71 Å². The van der Waals surface area contributed by atoms with Crippen LogP contribution in [-0.2, 0) is 10.0 Å². The minimum atomic E-state index is -3.60. The molecule has 0 saturated heterocycles. The van der Waals surface area contributed by atoms with E-state index >= 15 is 0 Å². The molecule has 0 radical (unpaired) electrons. The molecule has 100 valence electrons. The highest BCUT2D eigenvalue weighted by molar-refractivity contribution is 9.10. The van der Waals surface area contributed by atoms with E-state index in [1.165, 1.54) is 12.3 Å². The second kappa shape index (κ2) is 4.99. The van der Waals surface area contributed by atoms with Crippen LogP contribution in [0.2, 0.25) is 0 Å². The summed E-state index contributed by atoms with van der Waals surface area (Å²) in [5, 5.41) is 0. The van der Waals surface area contributed by atoms with Crippen molar-refractivity contribution >= 4 is 43.5 Å². The largest absolute Gasteiger partial charge is 0.383 e. The first-order valence-electron chi connectivity index (χ1n) is 5.34. The molecule has 0 aliphatic heterocycles. The average Bonchev–Trinajstić information content (AvgIpc) is 3.11. The molecule has 1 aliphatic carbocycles. The fourth-order valence-electron chi connectivity index (χ4n) is 1.54. The van der Waals surface area contributed by atoms with Crippen LogP contribution in [0, 0.1) is 0 Å². The van der Waals surface area contributed by atoms with E-state index in [4.69, 9.17) is 5.73 Å². The number of anilines is 1. The maximum absolute atomic E-state index is 12.1. The molecular weight excluding hydrogens is 338 g/mol. The summed E-state index contributed by atoms with van der Waals surface area (Å²) in [5.41, 5.74) is 5.61. The topological polar surface area (TPSA) is 85.1 Å². The number of sulfonamides is 1. The number of halogens is 1. The average molecular weight is 352 g/mol. The standard InChI is InChI=1S/C10H14BrN3O2S2/c1-17-10(2-3-10)6-14-18(15,16)8-4-7(11)5-13-9(8)12/h4-5,14H,2-3,6H2,1H3,(H2,12,13). The summed E-state index contributed by atoms with van der Waals surface area (Å²) in [7, 11) is -3.60. The van der Waals surface area contributed by atoms with Crippen LogP contribution in [0.3, 0.4) is 0 Å². The number of rotatable bonds is 5. The lowest BCUT2D eigenvalue weighted by molar-refractivity contribution is 0.580. The highest BCUT2D eigenvalue weighted by Crippen LogP contribution is 2.46. The van der Waals surface area contributed by atoms with E-state index in [1.807, 2.05) is 6.26 Å². The molecule has 1 fully saturated rings. The predicted molar refractivity (Wildman–Crippen MR) is 77.0 cm³/mol. The van der Waals surface area contributed by atoms with Crippen LogP contribution in [0.15, 0.2) is 21.6 Å². The highest BCUT2D eigenvalue weighted by atomic mass is 79.9. The van der Waals surface area contributed by atoms with Crippen molar-refractivity contribution in [3.63, 3.8) is 0 Å². The number of hydrogen-bond donors (Lipinski definition) is 2. The lowest BCUT2D eigenvalue weighted by Crippen LogP contribution is -2.32. The Hall–Kier alpha value is -0.310. The number of nitrogens with zero attached hydrogens (tertiary/aromatic N) is 1. The molecule has 1 saturated carbocycles. The molecule has 1 aliphatic rings. The summed E-state index contributed by atoms with van der Waals surface area (Å²) < 4.78 is 27.5. The van der Waals surface area contributed by atoms with E-state index in [2.05, 4.69) is 25.6 Å². The Morgan fingerprint density at radius 3 is 2.83 bits per heavy atom. The zero-order valence-electron chi connectivity index (χ0n) is 9.81. The first-order valence-corrected chi connectivity index (χ1v) is 8.84. The minimum absolute atomic E-state index is 0.0136. The number of thioether (sulfide) groups is 1. The smallest absolute Gasteiger partial charge is 0.244 e. The molecular formula is C10H14BrN3O2S2. The van der Waals surface area contributed by atoms with E-state index in [1.54, 1.807) is 11.8 Å². The first kappa shape index (κ1) is 14.1. The Bertz CT molecular complexity index is 558. The van der Waals surface area contributed by atoms with Crippen molar-refractivity contribution in [1.29, 1.82) is 0 Å². The third kappa shape index (κ3) is 2.98. The van der Waals surface area contributed by atoms with Gasteiger partial charge in [0.15, 0.2) is 0 Å². The molecule has 1 aromatic rings. The molecule has 18 heavy (non-hydrogen) atoms. The Balaban J connectivity index is 2.18. The van der Waals surface area contributed by atoms with Gasteiger partial charge in [0.25, 0.3) is 0 Å². The molecule has 1 aromatic heterocycles. The molecule has 8 heteroatoms. The van der Waals surface area contributed by atoms with Gasteiger partial charge in [-0.05, 0) is 41.1 Å². The van der Waals surface area contributed by atoms with Crippen LogP contribution >= 0.6 is 27.7 Å². The van der Waals surface area contributed by atoms with E-state index in [9.17, 15) is 8.42 Å². The number of nitrogens with one attached hydrogen (secondary N) is 1. The van der Waals surface area contributed by atoms with Crippen LogP contribution < -0.4 is 10.5 Å². The fourth-order valence-corrected chi connectivity index (χ4v) is 4.08. The lowest BCUT2D eigenvalue weighted by Gasteiger charge is -2.14. The van der Waals surface area contributed by atoms with Crippen LogP contribution in [0.1, 0.15) is 12.8 Å². The Morgan fingerprint density at radius 1 is 1.61 bits per heavy atom. The summed E-state index contributed by atoms with van der Waals surface area (Å²) in [4.78, 5) is 3.85. The van der Waals surface area contributed by atoms with Gasteiger partial charge in [-0.3, -0.25) is 0 Å². The van der Waals surface area contributed by atoms with E-state index in [0.717, 1.165) is 12.8 Å². The second-order valence-electron chi connectivity index (χ2n) is 4.25. The molecule has 3 N–H and O–H groups in total. The van der Waals surface area contributed by atoms with Crippen molar-refractivity contribution in [2.75, 3.05) is 18.5 Å². The van der Waals surface area contributed by atoms with Gasteiger partial charge >= 0.3 is 0 Å². The normalized spacial score (nSPS) is 17.7. The molecule has 5 nitrogen and oxygen atoms in total. The highest BCUT2D eigenvalue weighted by Gasteiger charge is 2.42. The van der Waals surface area contributed by atoms with Crippen molar-refractivity contribution in [2.45, 2.75) is 22.5 Å². The third-order valence-electron chi connectivity index (χ3n) is 2.96. The van der Waals surface area contributed by atoms with Crippen LogP contribution in [0.5, 0.6) is 0 Å². The van der Waals surface area contributed by atoms with Gasteiger partial charge in [0, 0.05) is 22.0 Å². The van der Waals surface area contributed by atoms with Gasteiger partial charge in [-0.15, -0.1) is 0 Å². The molecule has 0 unspecified atom stereocenters. The zero-order valence-corrected chi connectivity index (χ0v) is 13.0. The SMILES string of the molecule is CSC1(CNS(=O)(=O)c2cc(Br)cnc2N)CC1. The van der Waals surface area contributed by atoms with Gasteiger partial charge < -0.3 is 5.73 Å². The summed E-state index contributed by atoms with van der Waals surface area (Å²) in [5.74, 6) is 0.0136. The molecule has 1 heterocycles. The number of pyridine rings is 1. The lowest BCUT2D eigenvalue weighted by atomic mass is 10.4. The number of hydrogen-bond acceptors (Lipinski definition) is 5. The van der Waals surface area contributed by atoms with Gasteiger partial charge in [-0.2, -0.15) is 11.8 Å². The number of nitrogens with two attached hydrogens (primary N) is 1. The quantitative estimate of drug-likeness (QED) is 0.841. The predicted octanol–water partition coefficient (Wildman–Crippen LogP) is 1.60. The summed E-state index contributed by atoms with van der Waals surface area (Å²) >= 11 is 4.89. The van der Waals surface area contributed by atoms with Gasteiger partial charge in [-0.1, -0.05) is 0 Å². The number of nitrogen functional groups attached to an aromatic ring is 1. The van der Waals surface area contributed by atoms with Gasteiger partial charge in [0.2, 0.25) is 10.0 Å². The fraction of sp³-hybridized carbons (Fsp3) is 0.500. The molecule has 0 atom stereocenters. The van der Waals surface area contributed by atoms with Gasteiger partial charge in [0.1, 0.15) is 10.7 Å². The van der Waals surface area contributed by atoms with Crippen LogP contribution in [0.25, 0.3) is 0 Å². The third-order valence-corrected chi connectivity index (χ3v) is 6.25. The summed E-state index contributed by atoms with van der Waals surface area (Å²) in [6.45, 7) is 0.433. The summed E-state index contributed by atoms with van der Waals surface area (Å²) in [6.07, 6.45) is 5.56. The van der Waals surface area contributed by atoms with Crippen molar-refractivity contribution < 1.29 is 8.42 Å². The Kier molecular flexibility index (Phi) is 3.91. The molecule has 0 bridgehead atoms. The van der Waals surface area contributed by atoms with Crippen molar-refractivity contribution in [3.05, 3.63) is 16.7 Å². The van der Waals surface area contributed by atoms with Crippen molar-refractivity contribution in [3.8, 4) is 0 Å². The van der Waals surface area contributed by atoms with E-state index in [-0.39, 0.29) is 15.5 Å². The van der Waals surface area contributed by atoms with Crippen LogP contribution in [-0.4, -0.2) is 30.9 Å². The van der Waals surface area contributed by atoms with Gasteiger partial charge in [-0.25, -0.2) is 18.1 Å². The Morgan fingerprint density at radius 2 is 2.28 bits per heavy atom. The molecule has 0 spiro atoms. The van der Waals surface area contributed by atoms with Crippen molar-refractivity contribution in [2.24, 2.45) is 0 Å². The number of aromatic nitrogens is 1. The first-order chi connectivity index (χ1) is 8.38. The van der Waals surface area contributed by atoms with E-state index in [0.29, 0.717) is 11.0 Å². The monoisotopic (exact) mass is 351 g/mol. The second-order valence-corrected chi connectivity index (χ2v) is 8.17. The molecule has 2 rings (SSSR count). The van der Waals surface area contributed by atoms with Crippen LogP contribution in [0.4, 0.5) is 5.82 Å².